The van der Waals surface area contributed by atoms with Gasteiger partial charge >= 0.3 is 5.97 Å². The first-order valence-electron chi connectivity index (χ1n) is 10.1. The highest BCUT2D eigenvalue weighted by molar-refractivity contribution is 7.89. The van der Waals surface area contributed by atoms with Gasteiger partial charge in [-0.15, -0.1) is 0 Å². The minimum Gasteiger partial charge on any atom is -0.463 e. The van der Waals surface area contributed by atoms with Crippen molar-refractivity contribution in [3.63, 3.8) is 0 Å². The number of esters is 1. The van der Waals surface area contributed by atoms with Gasteiger partial charge in [-0.3, -0.25) is 4.79 Å². The number of piperidine rings is 1. The topological polar surface area (TPSA) is 72.9 Å². The van der Waals surface area contributed by atoms with Crippen molar-refractivity contribution in [3.05, 3.63) is 28.3 Å². The van der Waals surface area contributed by atoms with Gasteiger partial charge in [-0.2, -0.15) is 4.31 Å². The summed E-state index contributed by atoms with van der Waals surface area (Å²) in [6, 6.07) is 2.03. The van der Waals surface area contributed by atoms with Crippen LogP contribution in [0.25, 0.3) is 0 Å². The van der Waals surface area contributed by atoms with Crippen molar-refractivity contribution in [3.8, 4) is 0 Å². The number of hydrogen-bond acceptors (Lipinski definition) is 5. The smallest absolute Gasteiger partial charge is 0.309 e. The number of sulfonamides is 1. The van der Waals surface area contributed by atoms with Crippen LogP contribution in [0.4, 0.5) is 0 Å². The number of carbonyl (C=O) groups excluding carboxylic acids is 1. The summed E-state index contributed by atoms with van der Waals surface area (Å²) in [6.45, 7) is 9.33. The summed E-state index contributed by atoms with van der Waals surface area (Å²) in [5.41, 5.74) is 3.57. The maximum absolute atomic E-state index is 13.3. The van der Waals surface area contributed by atoms with E-state index < -0.39 is 10.0 Å². The zero-order valence-corrected chi connectivity index (χ0v) is 18.1. The highest BCUT2D eigenvalue weighted by atomic mass is 32.2. The molecule has 0 N–H and O–H groups in total. The number of nitrogens with zero attached hydrogens (tertiary/aromatic N) is 1. The van der Waals surface area contributed by atoms with Crippen LogP contribution in [-0.2, 0) is 24.3 Å². The van der Waals surface area contributed by atoms with Gasteiger partial charge in [0.1, 0.15) is 6.61 Å². The zero-order chi connectivity index (χ0) is 20.5. The number of carbonyl (C=O) groups is 1. The quantitative estimate of drug-likeness (QED) is 0.699. The Labute approximate surface area is 168 Å². The molecule has 0 bridgehead atoms. The van der Waals surface area contributed by atoms with Crippen molar-refractivity contribution < 1.29 is 22.7 Å². The van der Waals surface area contributed by atoms with Gasteiger partial charge in [0.2, 0.25) is 10.0 Å². The molecule has 2 fully saturated rings. The number of ether oxygens (including phenoxy) is 2. The fourth-order valence-electron chi connectivity index (χ4n) is 4.10. The second-order valence-electron chi connectivity index (χ2n) is 8.03. The largest absolute Gasteiger partial charge is 0.463 e. The van der Waals surface area contributed by atoms with Crippen LogP contribution in [0.3, 0.4) is 0 Å². The highest BCUT2D eigenvalue weighted by Gasteiger charge is 2.35. The lowest BCUT2D eigenvalue weighted by molar-refractivity contribution is -0.153. The van der Waals surface area contributed by atoms with Crippen LogP contribution in [0, 0.1) is 33.6 Å². The second-order valence-corrected chi connectivity index (χ2v) is 9.91. The molecule has 3 rings (SSSR count). The number of aryl methyl sites for hydroxylation is 2. The molecule has 1 aromatic carbocycles. The van der Waals surface area contributed by atoms with Gasteiger partial charge in [-0.1, -0.05) is 6.07 Å². The van der Waals surface area contributed by atoms with Gasteiger partial charge in [0.05, 0.1) is 16.9 Å². The Bertz CT molecular complexity index is 809. The van der Waals surface area contributed by atoms with Gasteiger partial charge in [-0.25, -0.2) is 8.42 Å². The summed E-state index contributed by atoms with van der Waals surface area (Å²) < 4.78 is 39.0. The van der Waals surface area contributed by atoms with Crippen molar-refractivity contribution in [2.24, 2.45) is 5.92 Å². The van der Waals surface area contributed by atoms with E-state index in [-0.39, 0.29) is 18.0 Å². The molecule has 0 aliphatic carbocycles. The van der Waals surface area contributed by atoms with Crippen LogP contribution in [0.15, 0.2) is 11.0 Å². The molecule has 0 aromatic heterocycles. The number of rotatable bonds is 5. The lowest BCUT2D eigenvalue weighted by atomic mass is 9.98. The Balaban J connectivity index is 1.65. The van der Waals surface area contributed by atoms with Crippen LogP contribution in [-0.4, -0.2) is 51.1 Å². The Morgan fingerprint density at radius 1 is 1.11 bits per heavy atom. The van der Waals surface area contributed by atoms with Crippen molar-refractivity contribution >= 4 is 16.0 Å². The van der Waals surface area contributed by atoms with Crippen LogP contribution in [0.2, 0.25) is 0 Å². The van der Waals surface area contributed by atoms with E-state index in [1.165, 1.54) is 4.31 Å². The van der Waals surface area contributed by atoms with Crippen molar-refractivity contribution in [2.45, 2.75) is 64.4 Å². The fourth-order valence-corrected chi connectivity index (χ4v) is 6.14. The van der Waals surface area contributed by atoms with Crippen molar-refractivity contribution in [1.29, 1.82) is 0 Å². The van der Waals surface area contributed by atoms with Crippen LogP contribution >= 0.6 is 0 Å². The third-order valence-corrected chi connectivity index (χ3v) is 8.29. The molecule has 6 nitrogen and oxygen atoms in total. The van der Waals surface area contributed by atoms with E-state index in [0.717, 1.165) is 41.7 Å². The molecular weight excluding hydrogens is 378 g/mol. The third kappa shape index (κ3) is 4.26. The maximum atomic E-state index is 13.3. The first kappa shape index (κ1) is 21.3. The fraction of sp³-hybridized carbons (Fsp3) is 0.667. The molecule has 7 heteroatoms. The summed E-state index contributed by atoms with van der Waals surface area (Å²) in [5, 5.41) is 0. The zero-order valence-electron chi connectivity index (χ0n) is 17.3. The minimum atomic E-state index is -3.58. The van der Waals surface area contributed by atoms with Crippen LogP contribution < -0.4 is 0 Å². The van der Waals surface area contributed by atoms with Gasteiger partial charge in [0.25, 0.3) is 0 Å². The van der Waals surface area contributed by atoms with E-state index in [9.17, 15) is 13.2 Å². The lowest BCUT2D eigenvalue weighted by Crippen LogP contribution is -2.41. The van der Waals surface area contributed by atoms with Gasteiger partial charge in [-0.05, 0) is 75.6 Å². The average Bonchev–Trinajstić information content (AvgIpc) is 3.18. The SMILES string of the molecule is Cc1cc(C)c(C)c(S(=O)(=O)N2CCC(C(=O)OCC3CCCO3)CC2)c1C. The minimum absolute atomic E-state index is 0.0138. The first-order valence-corrected chi connectivity index (χ1v) is 11.5. The number of benzene rings is 1. The molecule has 1 aromatic rings. The predicted molar refractivity (Wildman–Crippen MR) is 107 cm³/mol. The summed E-state index contributed by atoms with van der Waals surface area (Å²) in [5.74, 6) is -0.472. The first-order chi connectivity index (χ1) is 13.2. The summed E-state index contributed by atoms with van der Waals surface area (Å²) in [4.78, 5) is 12.8. The third-order valence-electron chi connectivity index (χ3n) is 6.12. The van der Waals surface area contributed by atoms with Gasteiger partial charge < -0.3 is 9.47 Å². The lowest BCUT2D eigenvalue weighted by Gasteiger charge is -2.31. The molecule has 2 heterocycles. The standard InChI is InChI=1S/C21H31NO5S/c1-14-12-15(2)17(4)20(16(14)3)28(24,25)22-9-7-18(8-10-22)21(23)27-13-19-6-5-11-26-19/h12,18-19H,5-11,13H2,1-4H3. The molecule has 1 unspecified atom stereocenters. The average molecular weight is 410 g/mol. The maximum Gasteiger partial charge on any atom is 0.309 e. The Morgan fingerprint density at radius 3 is 2.25 bits per heavy atom. The Kier molecular flexibility index (Phi) is 6.47. The van der Waals surface area contributed by atoms with E-state index >= 15 is 0 Å². The van der Waals surface area contributed by atoms with Gasteiger partial charge in [0, 0.05) is 19.7 Å². The Morgan fingerprint density at radius 2 is 1.71 bits per heavy atom. The summed E-state index contributed by atoms with van der Waals surface area (Å²) in [7, 11) is -3.58. The Hall–Kier alpha value is -1.44. The number of hydrogen-bond donors (Lipinski definition) is 0. The normalized spacial score (nSPS) is 21.8. The van der Waals surface area contributed by atoms with E-state index in [4.69, 9.17) is 9.47 Å². The summed E-state index contributed by atoms with van der Waals surface area (Å²) >= 11 is 0. The van der Waals surface area contributed by atoms with E-state index in [1.54, 1.807) is 0 Å². The molecule has 1 atom stereocenters. The molecule has 2 saturated heterocycles. The molecule has 0 spiro atoms. The van der Waals surface area contributed by atoms with Crippen molar-refractivity contribution in [2.75, 3.05) is 26.3 Å². The van der Waals surface area contributed by atoms with E-state index in [0.29, 0.717) is 37.4 Å². The van der Waals surface area contributed by atoms with E-state index in [2.05, 4.69) is 0 Å². The van der Waals surface area contributed by atoms with Gasteiger partial charge in [0.15, 0.2) is 0 Å². The molecule has 156 valence electrons. The molecule has 0 radical (unpaired) electrons. The molecule has 0 saturated carbocycles. The van der Waals surface area contributed by atoms with E-state index in [1.807, 2.05) is 33.8 Å². The second kappa shape index (κ2) is 8.51. The van der Waals surface area contributed by atoms with Crippen LogP contribution in [0.1, 0.15) is 47.9 Å². The molecular formula is C21H31NO5S. The molecule has 2 aliphatic heterocycles. The molecule has 28 heavy (non-hydrogen) atoms. The predicted octanol–water partition coefficient (Wildman–Crippen LogP) is 3.04. The summed E-state index contributed by atoms with van der Waals surface area (Å²) in [6.07, 6.45) is 2.94. The molecule has 0 amide bonds. The molecule has 2 aliphatic rings. The van der Waals surface area contributed by atoms with Crippen LogP contribution in [0.5, 0.6) is 0 Å². The monoisotopic (exact) mass is 409 g/mol. The van der Waals surface area contributed by atoms with Crippen molar-refractivity contribution in [1.82, 2.24) is 4.31 Å². The highest BCUT2D eigenvalue weighted by Crippen LogP contribution is 2.31.